The Labute approximate surface area is 111 Å². The molecule has 1 saturated heterocycles. The van der Waals surface area contributed by atoms with Crippen LogP contribution in [0.3, 0.4) is 0 Å². The number of carbonyl (C=O) groups is 2. The fraction of sp³-hybridized carbons (Fsp3) is 0.583. The molecule has 19 heavy (non-hydrogen) atoms. The van der Waals surface area contributed by atoms with Crippen molar-refractivity contribution < 1.29 is 9.59 Å². The van der Waals surface area contributed by atoms with Gasteiger partial charge in [0.05, 0.1) is 12.9 Å². The van der Waals surface area contributed by atoms with E-state index in [1.54, 1.807) is 12.5 Å². The number of aromatic nitrogens is 2. The van der Waals surface area contributed by atoms with Crippen molar-refractivity contribution in [2.24, 2.45) is 0 Å². The molecule has 1 atom stereocenters. The summed E-state index contributed by atoms with van der Waals surface area (Å²) in [6.45, 7) is 2.13. The lowest BCUT2D eigenvalue weighted by Gasteiger charge is -2.23. The van der Waals surface area contributed by atoms with Crippen LogP contribution in [0.4, 0.5) is 0 Å². The quantitative estimate of drug-likeness (QED) is 0.568. The van der Waals surface area contributed by atoms with Gasteiger partial charge in [0.1, 0.15) is 6.04 Å². The molecule has 2 rings (SSSR count). The van der Waals surface area contributed by atoms with E-state index in [-0.39, 0.29) is 24.4 Å². The summed E-state index contributed by atoms with van der Waals surface area (Å²) in [6.07, 6.45) is 7.37. The van der Waals surface area contributed by atoms with Crippen LogP contribution in [0, 0.1) is 0 Å². The third-order valence-electron chi connectivity index (χ3n) is 3.03. The Morgan fingerprint density at radius 3 is 3.11 bits per heavy atom. The van der Waals surface area contributed by atoms with Crippen molar-refractivity contribution in [3.63, 3.8) is 0 Å². The molecule has 1 aliphatic rings. The maximum Gasteiger partial charge on any atom is 0.238 e. The van der Waals surface area contributed by atoms with Crippen LogP contribution in [0.1, 0.15) is 12.8 Å². The van der Waals surface area contributed by atoms with Crippen LogP contribution >= 0.6 is 0 Å². The van der Waals surface area contributed by atoms with Gasteiger partial charge in [-0.3, -0.25) is 14.9 Å². The van der Waals surface area contributed by atoms with Crippen molar-refractivity contribution in [3.8, 4) is 0 Å². The van der Waals surface area contributed by atoms with E-state index in [2.05, 4.69) is 20.9 Å². The smallest absolute Gasteiger partial charge is 0.238 e. The topological polar surface area (TPSA) is 88.1 Å². The minimum atomic E-state index is -0.314. The number of aryl methyl sites for hydroxylation is 1. The van der Waals surface area contributed by atoms with Gasteiger partial charge in [0, 0.05) is 32.0 Å². The Bertz CT molecular complexity index is 408. The van der Waals surface area contributed by atoms with E-state index >= 15 is 0 Å². The normalized spacial score (nSPS) is 18.9. The standard InChI is InChI=1S/C12H19N5O2/c18-11-8-15-10(7-16-11)12(19)14-3-1-2-5-17-6-4-13-9-17/h4,6,9-10,15H,1-3,5,7-8H2,(H,14,19)(H,16,18). The Balaban J connectivity index is 1.55. The zero-order chi connectivity index (χ0) is 13.5. The predicted octanol–water partition coefficient (Wildman–Crippen LogP) is -1.13. The summed E-state index contributed by atoms with van der Waals surface area (Å²) in [6, 6.07) is -0.314. The van der Waals surface area contributed by atoms with Gasteiger partial charge >= 0.3 is 0 Å². The zero-order valence-electron chi connectivity index (χ0n) is 10.8. The number of imidazole rings is 1. The van der Waals surface area contributed by atoms with Gasteiger partial charge in [-0.05, 0) is 12.8 Å². The number of amides is 2. The fourth-order valence-corrected chi connectivity index (χ4v) is 1.93. The third-order valence-corrected chi connectivity index (χ3v) is 3.03. The maximum atomic E-state index is 11.8. The molecule has 1 aromatic heterocycles. The lowest BCUT2D eigenvalue weighted by molar-refractivity contribution is -0.126. The van der Waals surface area contributed by atoms with Crippen molar-refractivity contribution in [1.82, 2.24) is 25.5 Å². The van der Waals surface area contributed by atoms with Gasteiger partial charge in [0.15, 0.2) is 0 Å². The summed E-state index contributed by atoms with van der Waals surface area (Å²) in [4.78, 5) is 26.7. The summed E-state index contributed by atoms with van der Waals surface area (Å²) in [7, 11) is 0. The molecule has 0 spiro atoms. The Morgan fingerprint density at radius 2 is 2.42 bits per heavy atom. The number of piperazine rings is 1. The van der Waals surface area contributed by atoms with Gasteiger partial charge < -0.3 is 15.2 Å². The van der Waals surface area contributed by atoms with E-state index in [1.165, 1.54) is 0 Å². The highest BCUT2D eigenvalue weighted by atomic mass is 16.2. The molecular formula is C12H19N5O2. The fourth-order valence-electron chi connectivity index (χ4n) is 1.93. The highest BCUT2D eigenvalue weighted by molar-refractivity contribution is 5.86. The monoisotopic (exact) mass is 265 g/mol. The van der Waals surface area contributed by atoms with Crippen LogP contribution < -0.4 is 16.0 Å². The summed E-state index contributed by atoms with van der Waals surface area (Å²) < 4.78 is 2.01. The molecule has 3 N–H and O–H groups in total. The number of hydrogen-bond acceptors (Lipinski definition) is 4. The minimum absolute atomic E-state index is 0.0531. The summed E-state index contributed by atoms with van der Waals surface area (Å²) in [5.41, 5.74) is 0. The summed E-state index contributed by atoms with van der Waals surface area (Å²) in [5, 5.41) is 8.43. The van der Waals surface area contributed by atoms with Crippen molar-refractivity contribution in [2.45, 2.75) is 25.4 Å². The SMILES string of the molecule is O=C1CNC(C(=O)NCCCCn2ccnc2)CN1. The first-order valence-electron chi connectivity index (χ1n) is 6.49. The molecule has 1 aromatic rings. The molecule has 7 nitrogen and oxygen atoms in total. The molecule has 0 aliphatic carbocycles. The average molecular weight is 265 g/mol. The van der Waals surface area contributed by atoms with Gasteiger partial charge in [-0.15, -0.1) is 0 Å². The number of nitrogens with zero attached hydrogens (tertiary/aromatic N) is 2. The van der Waals surface area contributed by atoms with Crippen molar-refractivity contribution in [2.75, 3.05) is 19.6 Å². The minimum Gasteiger partial charge on any atom is -0.355 e. The van der Waals surface area contributed by atoms with Gasteiger partial charge in [0.25, 0.3) is 0 Å². The second-order valence-corrected chi connectivity index (χ2v) is 4.54. The van der Waals surface area contributed by atoms with E-state index < -0.39 is 0 Å². The molecule has 0 aromatic carbocycles. The first kappa shape index (κ1) is 13.5. The average Bonchev–Trinajstić information content (AvgIpc) is 2.92. The molecule has 0 bridgehead atoms. The second kappa shape index (κ2) is 6.89. The number of nitrogens with one attached hydrogen (secondary N) is 3. The first-order valence-corrected chi connectivity index (χ1v) is 6.49. The van der Waals surface area contributed by atoms with Crippen molar-refractivity contribution in [3.05, 3.63) is 18.7 Å². The first-order chi connectivity index (χ1) is 9.25. The zero-order valence-corrected chi connectivity index (χ0v) is 10.8. The molecule has 2 heterocycles. The molecule has 0 saturated carbocycles. The van der Waals surface area contributed by atoms with Crippen LogP contribution in [-0.4, -0.2) is 47.0 Å². The van der Waals surface area contributed by atoms with E-state index in [1.807, 2.05) is 10.8 Å². The van der Waals surface area contributed by atoms with Crippen LogP contribution in [0.2, 0.25) is 0 Å². The van der Waals surface area contributed by atoms with E-state index in [9.17, 15) is 9.59 Å². The Kier molecular flexibility index (Phi) is 4.91. The van der Waals surface area contributed by atoms with Crippen molar-refractivity contribution in [1.29, 1.82) is 0 Å². The maximum absolute atomic E-state index is 11.8. The van der Waals surface area contributed by atoms with Crippen molar-refractivity contribution >= 4 is 11.8 Å². The van der Waals surface area contributed by atoms with Gasteiger partial charge in [-0.2, -0.15) is 0 Å². The van der Waals surface area contributed by atoms with Crippen LogP contribution in [0.15, 0.2) is 18.7 Å². The third kappa shape index (κ3) is 4.36. The van der Waals surface area contributed by atoms with Gasteiger partial charge in [0.2, 0.25) is 11.8 Å². The summed E-state index contributed by atoms with van der Waals surface area (Å²) >= 11 is 0. The molecule has 1 unspecified atom stereocenters. The number of unbranched alkanes of at least 4 members (excludes halogenated alkanes) is 1. The Hall–Kier alpha value is -1.89. The highest BCUT2D eigenvalue weighted by Gasteiger charge is 2.22. The predicted molar refractivity (Wildman–Crippen MR) is 69.3 cm³/mol. The van der Waals surface area contributed by atoms with Crippen LogP contribution in [-0.2, 0) is 16.1 Å². The molecular weight excluding hydrogens is 246 g/mol. The highest BCUT2D eigenvalue weighted by Crippen LogP contribution is 1.95. The van der Waals surface area contributed by atoms with Gasteiger partial charge in [-0.1, -0.05) is 0 Å². The Morgan fingerprint density at radius 1 is 1.53 bits per heavy atom. The van der Waals surface area contributed by atoms with Crippen LogP contribution in [0.5, 0.6) is 0 Å². The van der Waals surface area contributed by atoms with E-state index in [0.717, 1.165) is 19.4 Å². The van der Waals surface area contributed by atoms with E-state index in [0.29, 0.717) is 13.1 Å². The second-order valence-electron chi connectivity index (χ2n) is 4.54. The molecule has 1 aliphatic heterocycles. The number of rotatable bonds is 6. The van der Waals surface area contributed by atoms with E-state index in [4.69, 9.17) is 0 Å². The lowest BCUT2D eigenvalue weighted by atomic mass is 10.2. The largest absolute Gasteiger partial charge is 0.355 e. The van der Waals surface area contributed by atoms with Gasteiger partial charge in [-0.25, -0.2) is 4.98 Å². The lowest BCUT2D eigenvalue weighted by Crippen LogP contribution is -2.58. The molecule has 104 valence electrons. The molecule has 0 radical (unpaired) electrons. The number of hydrogen-bond donors (Lipinski definition) is 3. The van der Waals surface area contributed by atoms with Crippen LogP contribution in [0.25, 0.3) is 0 Å². The molecule has 7 heteroatoms. The number of carbonyl (C=O) groups excluding carboxylic acids is 2. The molecule has 2 amide bonds. The summed E-state index contributed by atoms with van der Waals surface area (Å²) in [5.74, 6) is -0.119. The molecule has 1 fully saturated rings.